The highest BCUT2D eigenvalue weighted by molar-refractivity contribution is 5.82. The standard InChI is InChI=1S/C12H24N2O.C11H10.C2H4.CH2O/c1-10(15-12(2,3)4)14-8-6-11(13-5)7-9-14;1-9-6-7-10-4-2-3-5-11(10)8-9;2*1-2/h11,13H,1,6-9H2,2-5H3;2-8H,1H3;1-2H2;1H2. The van der Waals surface area contributed by atoms with E-state index >= 15 is 0 Å². The number of benzene rings is 2. The Morgan fingerprint density at radius 2 is 1.57 bits per heavy atom. The van der Waals surface area contributed by atoms with E-state index in [1.165, 1.54) is 29.2 Å². The first-order valence-corrected chi connectivity index (χ1v) is 10.3. The van der Waals surface area contributed by atoms with Crippen molar-refractivity contribution in [1.82, 2.24) is 10.2 Å². The molecule has 4 heteroatoms. The molecule has 1 aliphatic rings. The summed E-state index contributed by atoms with van der Waals surface area (Å²) in [5.41, 5.74) is 1.18. The zero-order valence-electron chi connectivity index (χ0n) is 19.5. The zero-order valence-corrected chi connectivity index (χ0v) is 19.5. The fourth-order valence-corrected chi connectivity index (χ4v) is 3.14. The van der Waals surface area contributed by atoms with Crippen LogP contribution in [0.2, 0.25) is 0 Å². The average Bonchev–Trinajstić information content (AvgIpc) is 2.76. The summed E-state index contributed by atoms with van der Waals surface area (Å²) in [6, 6.07) is 15.6. The van der Waals surface area contributed by atoms with Gasteiger partial charge >= 0.3 is 0 Å². The predicted molar refractivity (Wildman–Crippen MR) is 131 cm³/mol. The van der Waals surface area contributed by atoms with Gasteiger partial charge < -0.3 is 19.7 Å². The van der Waals surface area contributed by atoms with Gasteiger partial charge in [-0.15, -0.1) is 13.2 Å². The van der Waals surface area contributed by atoms with Crippen LogP contribution in [-0.4, -0.2) is 43.5 Å². The molecular weight excluding hydrogens is 372 g/mol. The predicted octanol–water partition coefficient (Wildman–Crippen LogP) is 5.72. The van der Waals surface area contributed by atoms with Crippen molar-refractivity contribution in [2.45, 2.75) is 52.2 Å². The average molecular weight is 413 g/mol. The van der Waals surface area contributed by atoms with E-state index in [-0.39, 0.29) is 5.60 Å². The Morgan fingerprint density at radius 3 is 2.07 bits per heavy atom. The van der Waals surface area contributed by atoms with Crippen LogP contribution < -0.4 is 5.32 Å². The number of ether oxygens (including phenoxy) is 1. The second-order valence-corrected chi connectivity index (χ2v) is 8.01. The molecule has 0 radical (unpaired) electrons. The van der Waals surface area contributed by atoms with E-state index in [9.17, 15) is 0 Å². The molecule has 0 aliphatic carbocycles. The van der Waals surface area contributed by atoms with E-state index in [2.05, 4.69) is 100 Å². The van der Waals surface area contributed by atoms with Crippen molar-refractivity contribution in [3.05, 3.63) is 73.6 Å². The molecule has 0 aromatic heterocycles. The van der Waals surface area contributed by atoms with Crippen molar-refractivity contribution >= 4 is 17.6 Å². The molecule has 0 unspecified atom stereocenters. The van der Waals surface area contributed by atoms with Crippen molar-refractivity contribution in [2.75, 3.05) is 20.1 Å². The maximum absolute atomic E-state index is 8.00. The molecule has 166 valence electrons. The maximum atomic E-state index is 8.00. The van der Waals surface area contributed by atoms with Crippen molar-refractivity contribution in [2.24, 2.45) is 0 Å². The molecule has 0 spiro atoms. The summed E-state index contributed by atoms with van der Waals surface area (Å²) < 4.78 is 5.76. The molecule has 0 amide bonds. The van der Waals surface area contributed by atoms with Gasteiger partial charge in [0.05, 0.1) is 0 Å². The molecule has 1 heterocycles. The van der Waals surface area contributed by atoms with Gasteiger partial charge in [0.1, 0.15) is 12.4 Å². The Morgan fingerprint density at radius 1 is 1.03 bits per heavy atom. The largest absolute Gasteiger partial charge is 0.474 e. The van der Waals surface area contributed by atoms with E-state index in [1.54, 1.807) is 0 Å². The molecule has 0 saturated carbocycles. The van der Waals surface area contributed by atoms with Crippen LogP contribution in [0, 0.1) is 6.92 Å². The Bertz CT molecular complexity index is 742. The maximum Gasteiger partial charge on any atom is 0.182 e. The molecule has 3 rings (SSSR count). The van der Waals surface area contributed by atoms with Gasteiger partial charge in [0.15, 0.2) is 5.88 Å². The third kappa shape index (κ3) is 10.3. The molecule has 0 bridgehead atoms. The van der Waals surface area contributed by atoms with Gasteiger partial charge in [0.2, 0.25) is 0 Å². The van der Waals surface area contributed by atoms with Gasteiger partial charge in [-0.05, 0) is 64.9 Å². The molecule has 1 fully saturated rings. The van der Waals surface area contributed by atoms with Crippen molar-refractivity contribution in [3.8, 4) is 0 Å². The molecule has 4 nitrogen and oxygen atoms in total. The molecule has 2 aromatic carbocycles. The van der Waals surface area contributed by atoms with Crippen LogP contribution in [0.15, 0.2) is 68.1 Å². The van der Waals surface area contributed by atoms with Crippen molar-refractivity contribution in [3.63, 3.8) is 0 Å². The number of likely N-dealkylation sites (tertiary alicyclic amines) is 1. The number of aryl methyl sites for hydroxylation is 1. The van der Waals surface area contributed by atoms with Crippen LogP contribution in [0.5, 0.6) is 0 Å². The first-order chi connectivity index (χ1) is 14.3. The molecule has 1 saturated heterocycles. The number of carbonyl (C=O) groups excluding carboxylic acids is 1. The number of hydrogen-bond acceptors (Lipinski definition) is 4. The third-order valence-corrected chi connectivity index (χ3v) is 4.58. The monoisotopic (exact) mass is 412 g/mol. The summed E-state index contributed by atoms with van der Waals surface area (Å²) in [5, 5.41) is 5.96. The summed E-state index contributed by atoms with van der Waals surface area (Å²) in [6.45, 7) is 22.4. The van der Waals surface area contributed by atoms with E-state index in [1.807, 2.05) is 13.8 Å². The number of hydrogen-bond donors (Lipinski definition) is 1. The molecule has 30 heavy (non-hydrogen) atoms. The van der Waals surface area contributed by atoms with Crippen LogP contribution in [0.25, 0.3) is 10.8 Å². The van der Waals surface area contributed by atoms with Crippen LogP contribution in [0.1, 0.15) is 39.2 Å². The Labute approximate surface area is 183 Å². The quantitative estimate of drug-likeness (QED) is 0.517. The van der Waals surface area contributed by atoms with E-state index in [0.717, 1.165) is 19.0 Å². The van der Waals surface area contributed by atoms with Crippen molar-refractivity contribution < 1.29 is 9.53 Å². The Kier molecular flexibility index (Phi) is 13.2. The summed E-state index contributed by atoms with van der Waals surface area (Å²) >= 11 is 0. The van der Waals surface area contributed by atoms with Gasteiger partial charge in [0, 0.05) is 19.1 Å². The first kappa shape index (κ1) is 27.4. The fourth-order valence-electron chi connectivity index (χ4n) is 3.14. The SMILES string of the molecule is C=C.C=C(OC(C)(C)C)N1CCC(NC)CC1.C=O.Cc1ccc2ccccc2c1. The first-order valence-electron chi connectivity index (χ1n) is 10.3. The van der Waals surface area contributed by atoms with Gasteiger partial charge in [0.25, 0.3) is 0 Å². The number of fused-ring (bicyclic) bond motifs is 1. The van der Waals surface area contributed by atoms with E-state index in [0.29, 0.717) is 6.04 Å². The van der Waals surface area contributed by atoms with Crippen LogP contribution in [0.3, 0.4) is 0 Å². The highest BCUT2D eigenvalue weighted by Gasteiger charge is 2.22. The minimum atomic E-state index is -0.142. The van der Waals surface area contributed by atoms with E-state index < -0.39 is 0 Å². The number of rotatable bonds is 3. The Hall–Kier alpha value is -2.59. The smallest absolute Gasteiger partial charge is 0.182 e. The van der Waals surface area contributed by atoms with Gasteiger partial charge in [-0.3, -0.25) is 0 Å². The minimum absolute atomic E-state index is 0.142. The summed E-state index contributed by atoms with van der Waals surface area (Å²) in [5.74, 6) is 0.817. The molecule has 1 aliphatic heterocycles. The lowest BCUT2D eigenvalue weighted by molar-refractivity contribution is -0.0980. The fraction of sp³-hybridized carbons (Fsp3) is 0.423. The number of nitrogens with one attached hydrogen (secondary N) is 1. The van der Waals surface area contributed by atoms with Crippen molar-refractivity contribution in [1.29, 1.82) is 0 Å². The lowest BCUT2D eigenvalue weighted by Crippen LogP contribution is -2.41. The summed E-state index contributed by atoms with van der Waals surface area (Å²) in [6.07, 6.45) is 2.34. The van der Waals surface area contributed by atoms with Gasteiger partial charge in [-0.1, -0.05) is 48.0 Å². The lowest BCUT2D eigenvalue weighted by atomic mass is 10.1. The topological polar surface area (TPSA) is 41.6 Å². The number of piperidine rings is 1. The minimum Gasteiger partial charge on any atom is -0.474 e. The molecule has 0 atom stereocenters. The highest BCUT2D eigenvalue weighted by atomic mass is 16.5. The number of carbonyl (C=O) groups is 1. The normalized spacial score (nSPS) is 13.6. The molecule has 1 N–H and O–H groups in total. The Balaban J connectivity index is 0.000000494. The van der Waals surface area contributed by atoms with Gasteiger partial charge in [-0.25, -0.2) is 0 Å². The van der Waals surface area contributed by atoms with E-state index in [4.69, 9.17) is 9.53 Å². The molecule has 2 aromatic rings. The van der Waals surface area contributed by atoms with Crippen LogP contribution in [0.4, 0.5) is 0 Å². The lowest BCUT2D eigenvalue weighted by Gasteiger charge is -2.36. The van der Waals surface area contributed by atoms with Crippen LogP contribution in [-0.2, 0) is 9.53 Å². The second-order valence-electron chi connectivity index (χ2n) is 8.01. The highest BCUT2D eigenvalue weighted by Crippen LogP contribution is 2.19. The second kappa shape index (κ2) is 14.4. The van der Waals surface area contributed by atoms with Crippen LogP contribution >= 0.6 is 0 Å². The summed E-state index contributed by atoms with van der Waals surface area (Å²) in [7, 11) is 2.03. The zero-order chi connectivity index (χ0) is 23.2. The van der Waals surface area contributed by atoms with Gasteiger partial charge in [-0.2, -0.15) is 0 Å². The summed E-state index contributed by atoms with van der Waals surface area (Å²) in [4.78, 5) is 10.2. The number of nitrogens with zero attached hydrogens (tertiary/aromatic N) is 1. The molecular formula is C26H40N2O2. The third-order valence-electron chi connectivity index (χ3n) is 4.58.